The van der Waals surface area contributed by atoms with Crippen molar-refractivity contribution < 1.29 is 9.13 Å². The first kappa shape index (κ1) is 12.0. The van der Waals surface area contributed by atoms with Crippen molar-refractivity contribution in [2.45, 2.75) is 20.3 Å². The Balaban J connectivity index is 2.30. The summed E-state index contributed by atoms with van der Waals surface area (Å²) in [4.78, 5) is 4.43. The van der Waals surface area contributed by atoms with E-state index in [1.165, 1.54) is 6.07 Å². The molecule has 0 amide bonds. The minimum absolute atomic E-state index is 0.294. The fourth-order valence-electron chi connectivity index (χ4n) is 1.54. The summed E-state index contributed by atoms with van der Waals surface area (Å²) in [5, 5.41) is 3.02. The van der Waals surface area contributed by atoms with Gasteiger partial charge in [0.25, 0.3) is 0 Å². The second-order valence-electron chi connectivity index (χ2n) is 3.56. The first-order valence-corrected chi connectivity index (χ1v) is 6.49. The average Bonchev–Trinajstić information content (AvgIpc) is 2.80. The number of aryl methyl sites for hydroxylation is 1. The summed E-state index contributed by atoms with van der Waals surface area (Å²) in [5.41, 5.74) is 1.62. The van der Waals surface area contributed by atoms with Crippen molar-refractivity contribution in [3.63, 3.8) is 0 Å². The van der Waals surface area contributed by atoms with Gasteiger partial charge in [-0.3, -0.25) is 0 Å². The van der Waals surface area contributed by atoms with E-state index in [4.69, 9.17) is 4.74 Å². The molecule has 2 rings (SSSR count). The molecule has 0 N–H and O–H groups in total. The Bertz CT molecular complexity index is 510. The molecule has 0 aliphatic carbocycles. The lowest BCUT2D eigenvalue weighted by atomic mass is 10.1. The van der Waals surface area contributed by atoms with Gasteiger partial charge in [0.1, 0.15) is 0 Å². The number of nitrogens with zero attached hydrogens (tertiary/aromatic N) is 1. The SMILES string of the molecule is CCOc1ccc(-c2csc(CC)n2)cc1F. The number of thiazole rings is 1. The number of hydrogen-bond acceptors (Lipinski definition) is 3. The van der Waals surface area contributed by atoms with E-state index in [1.54, 1.807) is 17.4 Å². The Morgan fingerprint density at radius 2 is 2.18 bits per heavy atom. The lowest BCUT2D eigenvalue weighted by Gasteiger charge is -2.05. The smallest absolute Gasteiger partial charge is 0.165 e. The Kier molecular flexibility index (Phi) is 3.74. The highest BCUT2D eigenvalue weighted by Gasteiger charge is 2.08. The molecule has 2 aromatic rings. The van der Waals surface area contributed by atoms with E-state index in [-0.39, 0.29) is 5.82 Å². The summed E-state index contributed by atoms with van der Waals surface area (Å²) in [6.45, 7) is 4.36. The van der Waals surface area contributed by atoms with Gasteiger partial charge in [0.15, 0.2) is 11.6 Å². The summed E-state index contributed by atoms with van der Waals surface area (Å²) >= 11 is 1.60. The van der Waals surface area contributed by atoms with Crippen LogP contribution in [0.2, 0.25) is 0 Å². The third-order valence-corrected chi connectivity index (χ3v) is 3.37. The van der Waals surface area contributed by atoms with Gasteiger partial charge in [-0.15, -0.1) is 11.3 Å². The van der Waals surface area contributed by atoms with Crippen LogP contribution in [0.15, 0.2) is 23.6 Å². The van der Waals surface area contributed by atoms with Crippen LogP contribution in [0.25, 0.3) is 11.3 Å². The molecule has 0 unspecified atom stereocenters. The van der Waals surface area contributed by atoms with Crippen molar-refractivity contribution in [2.24, 2.45) is 0 Å². The van der Waals surface area contributed by atoms with Gasteiger partial charge >= 0.3 is 0 Å². The van der Waals surface area contributed by atoms with E-state index in [9.17, 15) is 4.39 Å². The molecule has 90 valence electrons. The lowest BCUT2D eigenvalue weighted by molar-refractivity contribution is 0.321. The number of benzene rings is 1. The second-order valence-corrected chi connectivity index (χ2v) is 4.50. The molecule has 0 bridgehead atoms. The van der Waals surface area contributed by atoms with Crippen LogP contribution in [0.1, 0.15) is 18.9 Å². The molecule has 4 heteroatoms. The van der Waals surface area contributed by atoms with Crippen LogP contribution < -0.4 is 4.74 Å². The van der Waals surface area contributed by atoms with E-state index in [2.05, 4.69) is 11.9 Å². The molecule has 0 aliphatic heterocycles. The predicted octanol–water partition coefficient (Wildman–Crippen LogP) is 3.91. The number of ether oxygens (including phenoxy) is 1. The number of halogens is 1. The molecule has 0 aliphatic rings. The highest BCUT2D eigenvalue weighted by Crippen LogP contribution is 2.26. The third-order valence-electron chi connectivity index (χ3n) is 2.38. The molecule has 0 atom stereocenters. The molecule has 0 fully saturated rings. The third kappa shape index (κ3) is 2.64. The normalized spacial score (nSPS) is 10.5. The van der Waals surface area contributed by atoms with Crippen LogP contribution in [0.3, 0.4) is 0 Å². The Morgan fingerprint density at radius 1 is 1.35 bits per heavy atom. The second kappa shape index (κ2) is 5.27. The quantitative estimate of drug-likeness (QED) is 0.822. The molecule has 2 nitrogen and oxygen atoms in total. The molecule has 0 spiro atoms. The van der Waals surface area contributed by atoms with Gasteiger partial charge in [-0.05, 0) is 31.5 Å². The Morgan fingerprint density at radius 3 is 2.76 bits per heavy atom. The Hall–Kier alpha value is -1.42. The van der Waals surface area contributed by atoms with Crippen molar-refractivity contribution in [1.29, 1.82) is 0 Å². The maximum Gasteiger partial charge on any atom is 0.165 e. The Labute approximate surface area is 104 Å². The summed E-state index contributed by atoms with van der Waals surface area (Å²) in [6, 6.07) is 4.96. The van der Waals surface area contributed by atoms with E-state index in [0.717, 1.165) is 22.7 Å². The van der Waals surface area contributed by atoms with Crippen LogP contribution in [0.4, 0.5) is 4.39 Å². The predicted molar refractivity (Wildman–Crippen MR) is 68.1 cm³/mol. The van der Waals surface area contributed by atoms with Gasteiger partial charge in [0.2, 0.25) is 0 Å². The van der Waals surface area contributed by atoms with Crippen molar-refractivity contribution in [2.75, 3.05) is 6.61 Å². The lowest BCUT2D eigenvalue weighted by Crippen LogP contribution is -1.94. The van der Waals surface area contributed by atoms with Gasteiger partial charge in [-0.2, -0.15) is 0 Å². The van der Waals surface area contributed by atoms with Crippen molar-refractivity contribution in [3.05, 3.63) is 34.4 Å². The zero-order valence-electron chi connectivity index (χ0n) is 9.87. The largest absolute Gasteiger partial charge is 0.491 e. The van der Waals surface area contributed by atoms with Gasteiger partial charge in [-0.1, -0.05) is 6.92 Å². The van der Waals surface area contributed by atoms with Crippen LogP contribution in [0.5, 0.6) is 5.75 Å². The number of aromatic nitrogens is 1. The maximum atomic E-state index is 13.7. The molecule has 1 aromatic carbocycles. The van der Waals surface area contributed by atoms with Gasteiger partial charge < -0.3 is 4.74 Å². The standard InChI is InChI=1S/C13H14FNOS/c1-3-13-15-11(8-17-13)9-5-6-12(16-4-2)10(14)7-9/h5-8H,3-4H2,1-2H3. The topological polar surface area (TPSA) is 22.1 Å². The molecule has 0 saturated heterocycles. The molecule has 0 saturated carbocycles. The summed E-state index contributed by atoms with van der Waals surface area (Å²) in [7, 11) is 0. The van der Waals surface area contributed by atoms with Crippen molar-refractivity contribution in [3.8, 4) is 17.0 Å². The van der Waals surface area contributed by atoms with Gasteiger partial charge in [-0.25, -0.2) is 9.37 Å². The highest BCUT2D eigenvalue weighted by atomic mass is 32.1. The fourth-order valence-corrected chi connectivity index (χ4v) is 2.29. The van der Waals surface area contributed by atoms with Crippen molar-refractivity contribution in [1.82, 2.24) is 4.98 Å². The highest BCUT2D eigenvalue weighted by molar-refractivity contribution is 7.09. The first-order chi connectivity index (χ1) is 8.24. The molecule has 1 aromatic heterocycles. The van der Waals surface area contributed by atoms with Gasteiger partial charge in [0, 0.05) is 10.9 Å². The van der Waals surface area contributed by atoms with E-state index in [1.807, 2.05) is 18.4 Å². The zero-order valence-corrected chi connectivity index (χ0v) is 10.7. The molecule has 0 radical (unpaired) electrons. The maximum absolute atomic E-state index is 13.7. The number of hydrogen-bond donors (Lipinski definition) is 0. The molecule has 17 heavy (non-hydrogen) atoms. The summed E-state index contributed by atoms with van der Waals surface area (Å²) < 4.78 is 18.8. The average molecular weight is 251 g/mol. The van der Waals surface area contributed by atoms with Gasteiger partial charge in [0.05, 0.1) is 17.3 Å². The van der Waals surface area contributed by atoms with Crippen LogP contribution >= 0.6 is 11.3 Å². The summed E-state index contributed by atoms with van der Waals surface area (Å²) in [5.74, 6) is -0.0439. The zero-order chi connectivity index (χ0) is 12.3. The minimum Gasteiger partial charge on any atom is -0.491 e. The number of rotatable bonds is 4. The van der Waals surface area contributed by atoms with E-state index in [0.29, 0.717) is 12.4 Å². The van der Waals surface area contributed by atoms with Crippen LogP contribution in [-0.4, -0.2) is 11.6 Å². The van der Waals surface area contributed by atoms with E-state index < -0.39 is 0 Å². The van der Waals surface area contributed by atoms with Crippen molar-refractivity contribution >= 4 is 11.3 Å². The monoisotopic (exact) mass is 251 g/mol. The molecular weight excluding hydrogens is 237 g/mol. The molecular formula is C13H14FNOS. The van der Waals surface area contributed by atoms with E-state index >= 15 is 0 Å². The van der Waals surface area contributed by atoms with Crippen LogP contribution in [-0.2, 0) is 6.42 Å². The fraction of sp³-hybridized carbons (Fsp3) is 0.308. The van der Waals surface area contributed by atoms with Crippen LogP contribution in [0, 0.1) is 5.82 Å². The summed E-state index contributed by atoms with van der Waals surface area (Å²) in [6.07, 6.45) is 0.907. The minimum atomic E-state index is -0.338. The first-order valence-electron chi connectivity index (χ1n) is 5.61. The molecule has 1 heterocycles.